The predicted octanol–water partition coefficient (Wildman–Crippen LogP) is -0.219. The number of amides is 8. The molecule has 53 heavy (non-hydrogen) atoms. The molecule has 0 saturated carbocycles. The van der Waals surface area contributed by atoms with E-state index in [9.17, 15) is 38.4 Å². The van der Waals surface area contributed by atoms with E-state index in [0.29, 0.717) is 11.3 Å². The fraction of sp³-hybridized carbons (Fsp3) is 0.600. The largest absolute Gasteiger partial charge is 0.461 e. The molecule has 18 heteroatoms. The number of urea groups is 1. The number of nitrogens with two attached hydrogens (primary N) is 3. The Morgan fingerprint density at radius 1 is 0.660 bits per heavy atom. The second-order valence-corrected chi connectivity index (χ2v) is 13.6. The lowest BCUT2D eigenvalue weighted by molar-refractivity contribution is -0.148. The Bertz CT molecular complexity index is 1420. The Balaban J connectivity index is 3.18. The Hall–Kier alpha value is -5.26. The van der Waals surface area contributed by atoms with Crippen LogP contribution in [0.4, 0.5) is 10.5 Å². The molecule has 0 aliphatic carbocycles. The maximum absolute atomic E-state index is 13.7. The van der Waals surface area contributed by atoms with Crippen LogP contribution in [0.3, 0.4) is 0 Å². The van der Waals surface area contributed by atoms with Crippen LogP contribution < -0.4 is 49.1 Å². The van der Waals surface area contributed by atoms with Crippen molar-refractivity contribution in [1.82, 2.24) is 26.6 Å². The molecule has 0 radical (unpaired) electrons. The summed E-state index contributed by atoms with van der Waals surface area (Å²) in [7, 11) is 0. The van der Waals surface area contributed by atoms with Crippen LogP contribution in [-0.4, -0.2) is 84.2 Å². The number of rotatable bonds is 24. The molecule has 0 aliphatic rings. The third-order valence-corrected chi connectivity index (χ3v) is 7.77. The van der Waals surface area contributed by atoms with Crippen LogP contribution in [0.15, 0.2) is 24.3 Å². The normalized spacial score (nSPS) is 13.3. The summed E-state index contributed by atoms with van der Waals surface area (Å²) in [6, 6.07) is 1.14. The zero-order valence-electron chi connectivity index (χ0n) is 31.4. The van der Waals surface area contributed by atoms with E-state index in [0.717, 1.165) is 0 Å². The molecule has 0 aliphatic heterocycles. The van der Waals surface area contributed by atoms with Crippen molar-refractivity contribution in [2.45, 2.75) is 117 Å². The van der Waals surface area contributed by atoms with Crippen molar-refractivity contribution in [2.24, 2.45) is 29.0 Å². The first kappa shape index (κ1) is 45.8. The quantitative estimate of drug-likeness (QED) is 0.0495. The number of ether oxygens (including phenoxy) is 1. The SMILES string of the molecule is CC(C)N[C@@H](CCC(N)=O)C(=O)N[C@@H](CCC(N)=O)C(=O)N[C@H](C(=O)N[C@@H](CCCNC(N)=O)C(=O)Nc1ccc(COC(=O)C(C)C)cc1)C(C)C. The molecule has 296 valence electrons. The second-order valence-electron chi connectivity index (χ2n) is 13.6. The number of hydrogen-bond acceptors (Lipinski definition) is 10. The summed E-state index contributed by atoms with van der Waals surface area (Å²) in [5, 5.41) is 16.1. The van der Waals surface area contributed by atoms with Crippen LogP contribution in [0.1, 0.15) is 85.6 Å². The van der Waals surface area contributed by atoms with Crippen LogP contribution >= 0.6 is 0 Å². The van der Waals surface area contributed by atoms with Gasteiger partial charge in [-0.3, -0.25) is 33.6 Å². The van der Waals surface area contributed by atoms with Gasteiger partial charge in [0.25, 0.3) is 0 Å². The molecule has 0 saturated heterocycles. The number of hydrogen-bond donors (Lipinski definition) is 9. The van der Waals surface area contributed by atoms with E-state index in [1.165, 1.54) is 0 Å². The van der Waals surface area contributed by atoms with Gasteiger partial charge in [-0.05, 0) is 49.3 Å². The first-order chi connectivity index (χ1) is 24.8. The minimum atomic E-state index is -1.29. The lowest BCUT2D eigenvalue weighted by Gasteiger charge is -2.28. The number of primary amides is 3. The zero-order chi connectivity index (χ0) is 40.2. The van der Waals surface area contributed by atoms with Gasteiger partial charge in [0.15, 0.2) is 0 Å². The number of carbonyl (C=O) groups is 8. The molecule has 4 atom stereocenters. The average Bonchev–Trinajstić information content (AvgIpc) is 3.07. The van der Waals surface area contributed by atoms with Gasteiger partial charge in [0, 0.05) is 31.1 Å². The van der Waals surface area contributed by atoms with Crippen LogP contribution in [-0.2, 0) is 44.9 Å². The summed E-state index contributed by atoms with van der Waals surface area (Å²) in [5.74, 6) is -5.16. The van der Waals surface area contributed by atoms with Gasteiger partial charge in [-0.25, -0.2) is 4.79 Å². The van der Waals surface area contributed by atoms with Gasteiger partial charge in [0.1, 0.15) is 24.7 Å². The number of carbonyl (C=O) groups excluding carboxylic acids is 8. The highest BCUT2D eigenvalue weighted by atomic mass is 16.5. The number of esters is 1. The van der Waals surface area contributed by atoms with E-state index in [-0.39, 0.29) is 69.6 Å². The highest BCUT2D eigenvalue weighted by molar-refractivity contribution is 5.99. The molecule has 8 amide bonds. The molecule has 0 heterocycles. The van der Waals surface area contributed by atoms with Crippen molar-refractivity contribution in [3.05, 3.63) is 29.8 Å². The van der Waals surface area contributed by atoms with Gasteiger partial charge in [0.05, 0.1) is 12.0 Å². The minimum absolute atomic E-state index is 0.0524. The second kappa shape index (κ2) is 23.3. The molecule has 1 rings (SSSR count). The number of nitrogens with one attached hydrogen (secondary N) is 6. The van der Waals surface area contributed by atoms with Crippen molar-refractivity contribution in [3.8, 4) is 0 Å². The van der Waals surface area contributed by atoms with Crippen molar-refractivity contribution < 1.29 is 43.1 Å². The van der Waals surface area contributed by atoms with E-state index in [4.69, 9.17) is 21.9 Å². The summed E-state index contributed by atoms with van der Waals surface area (Å²) in [6.07, 6.45) is -0.154. The van der Waals surface area contributed by atoms with Crippen molar-refractivity contribution in [2.75, 3.05) is 11.9 Å². The van der Waals surface area contributed by atoms with Crippen molar-refractivity contribution in [3.63, 3.8) is 0 Å². The van der Waals surface area contributed by atoms with Gasteiger partial charge >= 0.3 is 12.0 Å². The highest BCUT2D eigenvalue weighted by Crippen LogP contribution is 2.14. The lowest BCUT2D eigenvalue weighted by atomic mass is 10.0. The summed E-state index contributed by atoms with van der Waals surface area (Å²) in [5.41, 5.74) is 16.8. The van der Waals surface area contributed by atoms with E-state index in [1.807, 2.05) is 0 Å². The topological polar surface area (TPSA) is 296 Å². The van der Waals surface area contributed by atoms with Gasteiger partial charge in [-0.2, -0.15) is 0 Å². The molecule has 0 fully saturated rings. The van der Waals surface area contributed by atoms with Gasteiger partial charge in [-0.15, -0.1) is 0 Å². The molecule has 0 bridgehead atoms. The molecule has 1 aromatic carbocycles. The van der Waals surface area contributed by atoms with E-state index < -0.39 is 71.6 Å². The maximum atomic E-state index is 13.7. The van der Waals surface area contributed by atoms with E-state index in [1.54, 1.807) is 65.8 Å². The Kier molecular flexibility index (Phi) is 20.1. The smallest absolute Gasteiger partial charge is 0.312 e. The average molecular weight is 748 g/mol. The lowest BCUT2D eigenvalue weighted by Crippen LogP contribution is -2.59. The summed E-state index contributed by atoms with van der Waals surface area (Å²) in [4.78, 5) is 100.0. The minimum Gasteiger partial charge on any atom is -0.461 e. The third kappa shape index (κ3) is 18.7. The van der Waals surface area contributed by atoms with Gasteiger partial charge in [0.2, 0.25) is 35.4 Å². The van der Waals surface area contributed by atoms with E-state index >= 15 is 0 Å². The summed E-state index contributed by atoms with van der Waals surface area (Å²) >= 11 is 0. The van der Waals surface area contributed by atoms with Crippen molar-refractivity contribution >= 4 is 53.1 Å². The Morgan fingerprint density at radius 2 is 1.19 bits per heavy atom. The molecule has 0 aromatic heterocycles. The predicted molar refractivity (Wildman–Crippen MR) is 196 cm³/mol. The molecule has 0 unspecified atom stereocenters. The number of benzene rings is 1. The highest BCUT2D eigenvalue weighted by Gasteiger charge is 2.33. The summed E-state index contributed by atoms with van der Waals surface area (Å²) in [6.45, 7) is 10.5. The molecular formula is C35H57N9O9. The van der Waals surface area contributed by atoms with E-state index in [2.05, 4.69) is 31.9 Å². The molecule has 18 nitrogen and oxygen atoms in total. The maximum Gasteiger partial charge on any atom is 0.312 e. The molecular weight excluding hydrogens is 690 g/mol. The summed E-state index contributed by atoms with van der Waals surface area (Å²) < 4.78 is 5.23. The monoisotopic (exact) mass is 747 g/mol. The fourth-order valence-corrected chi connectivity index (χ4v) is 4.88. The first-order valence-electron chi connectivity index (χ1n) is 17.6. The van der Waals surface area contributed by atoms with Gasteiger partial charge in [-0.1, -0.05) is 53.7 Å². The Morgan fingerprint density at radius 3 is 1.70 bits per heavy atom. The van der Waals surface area contributed by atoms with Crippen LogP contribution in [0.25, 0.3) is 0 Å². The fourth-order valence-electron chi connectivity index (χ4n) is 4.88. The van der Waals surface area contributed by atoms with Crippen molar-refractivity contribution in [1.29, 1.82) is 0 Å². The van der Waals surface area contributed by atoms with Crippen LogP contribution in [0.5, 0.6) is 0 Å². The third-order valence-electron chi connectivity index (χ3n) is 7.77. The van der Waals surface area contributed by atoms with Crippen LogP contribution in [0, 0.1) is 11.8 Å². The Labute approximate surface area is 310 Å². The number of anilines is 1. The molecule has 1 aromatic rings. The van der Waals surface area contributed by atoms with Crippen LogP contribution in [0.2, 0.25) is 0 Å². The zero-order valence-corrected chi connectivity index (χ0v) is 31.4. The molecule has 12 N–H and O–H groups in total. The standard InChI is InChI=1S/C35H57N9O9/c1-19(2)29(44-32(49)26(14-16-28(37)46)42-31(48)25(40-21(5)6)13-15-27(36)45)33(50)43-24(8-7-17-39-35(38)52)30(47)41-23-11-9-22(10-12-23)18-53-34(51)20(3)4/h9-12,19-21,24-26,29,40H,7-8,13-18H2,1-6H3,(H2,36,45)(H2,37,46)(H,41,47)(H,42,48)(H,43,50)(H,44,49)(H3,38,39,52)/t24-,25-,26-,29-/m0/s1. The van der Waals surface area contributed by atoms with Gasteiger partial charge < -0.3 is 53.8 Å². The molecule has 0 spiro atoms. The first-order valence-corrected chi connectivity index (χ1v) is 17.6.